The first-order valence-electron chi connectivity index (χ1n) is 8.90. The van der Waals surface area contributed by atoms with E-state index in [4.69, 9.17) is 16.3 Å². The molecule has 2 amide bonds. The van der Waals surface area contributed by atoms with E-state index in [1.165, 1.54) is 12.1 Å². The van der Waals surface area contributed by atoms with E-state index in [1.807, 2.05) is 0 Å². The molecule has 12 heteroatoms. The normalized spacial score (nSPS) is 12.2. The lowest BCUT2D eigenvalue weighted by Gasteiger charge is -2.12. The van der Waals surface area contributed by atoms with Crippen molar-refractivity contribution >= 4 is 29.2 Å². The van der Waals surface area contributed by atoms with Gasteiger partial charge in [-0.1, -0.05) is 11.6 Å². The summed E-state index contributed by atoms with van der Waals surface area (Å²) in [4.78, 5) is 27.0. The first kappa shape index (κ1) is 24.4. The van der Waals surface area contributed by atoms with Gasteiger partial charge in [-0.25, -0.2) is 9.37 Å². The molecule has 0 radical (unpaired) electrons. The van der Waals surface area contributed by atoms with Crippen LogP contribution in [0.15, 0.2) is 36.5 Å². The number of rotatable bonds is 9. The molecule has 0 bridgehead atoms. The molecule has 0 saturated carbocycles. The molecule has 1 atom stereocenters. The monoisotopic (exact) mass is 463 g/mol. The van der Waals surface area contributed by atoms with Gasteiger partial charge >= 0.3 is 6.18 Å². The minimum atomic E-state index is -4.54. The SMILES string of the molecule is O=C(COc1ccc(Cl)c(F)c1)NCCC(O)CC(=O)Nc1ccc(C(F)(F)F)cn1. The van der Waals surface area contributed by atoms with Crippen molar-refractivity contribution in [2.24, 2.45) is 0 Å². The number of hydrogen-bond donors (Lipinski definition) is 3. The molecule has 3 N–H and O–H groups in total. The van der Waals surface area contributed by atoms with Crippen LogP contribution in [0.3, 0.4) is 0 Å². The minimum Gasteiger partial charge on any atom is -0.484 e. The van der Waals surface area contributed by atoms with Crippen molar-refractivity contribution in [3.63, 3.8) is 0 Å². The van der Waals surface area contributed by atoms with Crippen molar-refractivity contribution in [2.75, 3.05) is 18.5 Å². The van der Waals surface area contributed by atoms with Gasteiger partial charge in [-0.3, -0.25) is 9.59 Å². The molecule has 1 heterocycles. The molecule has 0 aliphatic heterocycles. The molecule has 0 aliphatic carbocycles. The third-order valence-electron chi connectivity index (χ3n) is 3.84. The summed E-state index contributed by atoms with van der Waals surface area (Å²) in [5.74, 6) is -1.84. The lowest BCUT2D eigenvalue weighted by Crippen LogP contribution is -2.32. The second-order valence-electron chi connectivity index (χ2n) is 6.34. The minimum absolute atomic E-state index is 0.0319. The van der Waals surface area contributed by atoms with E-state index in [2.05, 4.69) is 15.6 Å². The first-order valence-corrected chi connectivity index (χ1v) is 9.28. The van der Waals surface area contributed by atoms with Gasteiger partial charge in [0.25, 0.3) is 5.91 Å². The summed E-state index contributed by atoms with van der Waals surface area (Å²) in [6.45, 7) is -0.360. The molecular formula is C19H18ClF4N3O4. The summed E-state index contributed by atoms with van der Waals surface area (Å²) < 4.78 is 55.8. The van der Waals surface area contributed by atoms with Gasteiger partial charge in [0.05, 0.1) is 23.1 Å². The van der Waals surface area contributed by atoms with Crippen LogP contribution in [0.5, 0.6) is 5.75 Å². The molecule has 1 unspecified atom stereocenters. The van der Waals surface area contributed by atoms with E-state index in [9.17, 15) is 32.3 Å². The van der Waals surface area contributed by atoms with Crippen LogP contribution in [-0.2, 0) is 15.8 Å². The number of hydrogen-bond acceptors (Lipinski definition) is 5. The highest BCUT2D eigenvalue weighted by Gasteiger charge is 2.30. The summed E-state index contributed by atoms with van der Waals surface area (Å²) in [5, 5.41) is 14.5. The first-order chi connectivity index (χ1) is 14.5. The molecule has 0 spiro atoms. The van der Waals surface area contributed by atoms with Crippen molar-refractivity contribution in [1.29, 1.82) is 0 Å². The van der Waals surface area contributed by atoms with E-state index in [1.54, 1.807) is 0 Å². The highest BCUT2D eigenvalue weighted by molar-refractivity contribution is 6.30. The fourth-order valence-corrected chi connectivity index (χ4v) is 2.41. The van der Waals surface area contributed by atoms with Gasteiger partial charge in [0.2, 0.25) is 5.91 Å². The predicted molar refractivity (Wildman–Crippen MR) is 103 cm³/mol. The Balaban J connectivity index is 1.66. The number of nitrogens with zero attached hydrogens (tertiary/aromatic N) is 1. The molecule has 0 aliphatic rings. The summed E-state index contributed by atoms with van der Waals surface area (Å²) in [6, 6.07) is 5.48. The van der Waals surface area contributed by atoms with Gasteiger partial charge in [0.15, 0.2) is 6.61 Å². The van der Waals surface area contributed by atoms with Crippen LogP contribution in [0, 0.1) is 5.82 Å². The largest absolute Gasteiger partial charge is 0.484 e. The zero-order valence-electron chi connectivity index (χ0n) is 15.9. The maximum Gasteiger partial charge on any atom is 0.417 e. The van der Waals surface area contributed by atoms with Gasteiger partial charge in [0.1, 0.15) is 17.4 Å². The second kappa shape index (κ2) is 10.9. The fraction of sp³-hybridized carbons (Fsp3) is 0.316. The molecule has 1 aromatic heterocycles. The van der Waals surface area contributed by atoms with Crippen molar-refractivity contribution in [2.45, 2.75) is 25.1 Å². The van der Waals surface area contributed by atoms with Crippen LogP contribution in [0.4, 0.5) is 23.4 Å². The maximum atomic E-state index is 13.3. The van der Waals surface area contributed by atoms with E-state index >= 15 is 0 Å². The van der Waals surface area contributed by atoms with Crippen molar-refractivity contribution in [1.82, 2.24) is 10.3 Å². The quantitative estimate of drug-likeness (QED) is 0.496. The number of ether oxygens (including phenoxy) is 1. The molecule has 168 valence electrons. The Kier molecular flexibility index (Phi) is 8.57. The third kappa shape index (κ3) is 8.38. The second-order valence-corrected chi connectivity index (χ2v) is 6.75. The van der Waals surface area contributed by atoms with Gasteiger partial charge in [-0.2, -0.15) is 13.2 Å². The highest BCUT2D eigenvalue weighted by atomic mass is 35.5. The average Bonchev–Trinajstić information content (AvgIpc) is 2.68. The molecule has 1 aromatic carbocycles. The Labute approximate surface area is 179 Å². The molecule has 2 aromatic rings. The summed E-state index contributed by atoms with van der Waals surface area (Å²) in [7, 11) is 0. The van der Waals surface area contributed by atoms with E-state index in [-0.39, 0.29) is 36.0 Å². The number of aliphatic hydroxyl groups excluding tert-OH is 1. The molecule has 31 heavy (non-hydrogen) atoms. The van der Waals surface area contributed by atoms with E-state index in [0.717, 1.165) is 18.2 Å². The summed E-state index contributed by atoms with van der Waals surface area (Å²) >= 11 is 5.54. The molecular weight excluding hydrogens is 446 g/mol. The zero-order chi connectivity index (χ0) is 23.0. The number of benzene rings is 1. The number of aliphatic hydroxyl groups is 1. The van der Waals surface area contributed by atoms with Gasteiger partial charge in [0, 0.05) is 18.8 Å². The van der Waals surface area contributed by atoms with Crippen LogP contribution in [0.2, 0.25) is 5.02 Å². The number of pyridine rings is 1. The van der Waals surface area contributed by atoms with Crippen LogP contribution < -0.4 is 15.4 Å². The Bertz CT molecular complexity index is 910. The molecule has 0 fully saturated rings. The van der Waals surface area contributed by atoms with Crippen LogP contribution >= 0.6 is 11.6 Å². The highest BCUT2D eigenvalue weighted by Crippen LogP contribution is 2.28. The smallest absolute Gasteiger partial charge is 0.417 e. The van der Waals surface area contributed by atoms with Crippen LogP contribution in [0.1, 0.15) is 18.4 Å². The lowest BCUT2D eigenvalue weighted by molar-refractivity contribution is -0.137. The topological polar surface area (TPSA) is 101 Å². The average molecular weight is 464 g/mol. The van der Waals surface area contributed by atoms with Gasteiger partial charge < -0.3 is 20.5 Å². The van der Waals surface area contributed by atoms with Crippen molar-refractivity contribution in [3.8, 4) is 5.75 Å². The number of anilines is 1. The number of alkyl halides is 3. The number of amides is 2. The number of halogens is 5. The predicted octanol–water partition coefficient (Wildman–Crippen LogP) is 3.17. The molecule has 0 saturated heterocycles. The number of aromatic nitrogens is 1. The molecule has 2 rings (SSSR count). The lowest BCUT2D eigenvalue weighted by atomic mass is 10.2. The van der Waals surface area contributed by atoms with E-state index in [0.29, 0.717) is 6.20 Å². The number of carbonyl (C=O) groups excluding carboxylic acids is 2. The number of nitrogens with one attached hydrogen (secondary N) is 2. The molecule has 7 nitrogen and oxygen atoms in total. The van der Waals surface area contributed by atoms with Crippen LogP contribution in [0.25, 0.3) is 0 Å². The standard InChI is InChI=1S/C19H18ClF4N3O4/c20-14-3-2-13(8-15(14)21)31-10-18(30)25-6-5-12(28)7-17(29)27-16-4-1-11(9-26-16)19(22,23)24/h1-4,8-9,12,28H,5-7,10H2,(H,25,30)(H,26,27,29). The van der Waals surface area contributed by atoms with Gasteiger partial charge in [-0.15, -0.1) is 0 Å². The maximum absolute atomic E-state index is 13.3. The van der Waals surface area contributed by atoms with Gasteiger partial charge in [-0.05, 0) is 30.7 Å². The summed E-state index contributed by atoms with van der Waals surface area (Å²) in [6.07, 6.45) is -5.37. The number of carbonyl (C=O) groups is 2. The summed E-state index contributed by atoms with van der Waals surface area (Å²) in [5.41, 5.74) is -0.952. The Morgan fingerprint density at radius 1 is 1.19 bits per heavy atom. The third-order valence-corrected chi connectivity index (χ3v) is 4.15. The van der Waals surface area contributed by atoms with E-state index < -0.39 is 42.1 Å². The Hall–Kier alpha value is -2.92. The van der Waals surface area contributed by atoms with Crippen molar-refractivity contribution in [3.05, 3.63) is 52.9 Å². The van der Waals surface area contributed by atoms with Crippen molar-refractivity contribution < 1.29 is 37.0 Å². The zero-order valence-corrected chi connectivity index (χ0v) is 16.6. The van der Waals surface area contributed by atoms with Crippen LogP contribution in [-0.4, -0.2) is 41.2 Å². The Morgan fingerprint density at radius 2 is 1.94 bits per heavy atom. The fourth-order valence-electron chi connectivity index (χ4n) is 2.29. The Morgan fingerprint density at radius 3 is 2.55 bits per heavy atom.